The monoisotopic (exact) mass is 354 g/mol. The Morgan fingerprint density at radius 2 is 1.85 bits per heavy atom. The first-order valence-electron chi connectivity index (χ1n) is 8.80. The number of carbonyl (C=O) groups is 2. The third kappa shape index (κ3) is 5.34. The van der Waals surface area contributed by atoms with Crippen LogP contribution in [0.3, 0.4) is 0 Å². The van der Waals surface area contributed by atoms with Gasteiger partial charge in [-0.05, 0) is 56.5 Å². The maximum Gasteiger partial charge on any atom is 0.262 e. The van der Waals surface area contributed by atoms with Crippen molar-refractivity contribution >= 4 is 17.5 Å². The standard InChI is InChI=1S/C21H26N2O3/c1-5-16(4)22-21(25)17-8-6-7-9-18(17)23-20(24)13-26-19-12-14(2)10-11-15(19)3/h6-12,16H,5,13H2,1-4H3,(H,22,25)(H,23,24). The minimum Gasteiger partial charge on any atom is -0.483 e. The summed E-state index contributed by atoms with van der Waals surface area (Å²) in [6, 6.07) is 12.9. The predicted molar refractivity (Wildman–Crippen MR) is 104 cm³/mol. The Bertz CT molecular complexity index is 787. The summed E-state index contributed by atoms with van der Waals surface area (Å²) in [7, 11) is 0. The molecule has 0 radical (unpaired) electrons. The zero-order valence-corrected chi connectivity index (χ0v) is 15.8. The lowest BCUT2D eigenvalue weighted by atomic mass is 10.1. The first kappa shape index (κ1) is 19.5. The Hall–Kier alpha value is -2.82. The second-order valence-corrected chi connectivity index (χ2v) is 6.43. The van der Waals surface area contributed by atoms with Crippen LogP contribution in [0.5, 0.6) is 5.75 Å². The first-order valence-corrected chi connectivity index (χ1v) is 8.80. The van der Waals surface area contributed by atoms with Crippen molar-refractivity contribution in [3.8, 4) is 5.75 Å². The molecule has 1 atom stereocenters. The molecule has 138 valence electrons. The number of para-hydroxylation sites is 1. The number of amides is 2. The zero-order chi connectivity index (χ0) is 19.1. The number of nitrogens with one attached hydrogen (secondary N) is 2. The summed E-state index contributed by atoms with van der Waals surface area (Å²) < 4.78 is 5.62. The van der Waals surface area contributed by atoms with Crippen molar-refractivity contribution in [1.82, 2.24) is 5.32 Å². The molecule has 0 fully saturated rings. The van der Waals surface area contributed by atoms with Gasteiger partial charge in [0.25, 0.3) is 11.8 Å². The maximum atomic E-state index is 12.4. The summed E-state index contributed by atoms with van der Waals surface area (Å²) in [4.78, 5) is 24.7. The topological polar surface area (TPSA) is 67.4 Å². The lowest BCUT2D eigenvalue weighted by Gasteiger charge is -2.15. The number of anilines is 1. The Labute approximate surface area is 154 Å². The molecule has 0 saturated carbocycles. The molecular formula is C21H26N2O3. The molecule has 0 aliphatic carbocycles. The molecule has 1 unspecified atom stereocenters. The van der Waals surface area contributed by atoms with Crippen molar-refractivity contribution in [2.24, 2.45) is 0 Å². The summed E-state index contributed by atoms with van der Waals surface area (Å²) in [6.45, 7) is 7.73. The highest BCUT2D eigenvalue weighted by molar-refractivity contribution is 6.04. The molecule has 5 heteroatoms. The Morgan fingerprint density at radius 1 is 1.12 bits per heavy atom. The van der Waals surface area contributed by atoms with Crippen molar-refractivity contribution in [2.45, 2.75) is 40.2 Å². The second-order valence-electron chi connectivity index (χ2n) is 6.43. The summed E-state index contributed by atoms with van der Waals surface area (Å²) in [5, 5.41) is 5.67. The number of benzene rings is 2. The van der Waals surface area contributed by atoms with Crippen LogP contribution < -0.4 is 15.4 Å². The molecule has 2 rings (SSSR count). The Kier molecular flexibility index (Phi) is 6.78. The highest BCUT2D eigenvalue weighted by Gasteiger charge is 2.15. The fourth-order valence-corrected chi connectivity index (χ4v) is 2.39. The fraction of sp³-hybridized carbons (Fsp3) is 0.333. The van der Waals surface area contributed by atoms with E-state index < -0.39 is 0 Å². The SMILES string of the molecule is CCC(C)NC(=O)c1ccccc1NC(=O)COc1cc(C)ccc1C. The quantitative estimate of drug-likeness (QED) is 0.794. The largest absolute Gasteiger partial charge is 0.483 e. The van der Waals surface area contributed by atoms with Crippen LogP contribution in [0.15, 0.2) is 42.5 Å². The average molecular weight is 354 g/mol. The molecule has 0 aliphatic rings. The fourth-order valence-electron chi connectivity index (χ4n) is 2.39. The number of rotatable bonds is 7. The van der Waals surface area contributed by atoms with Crippen molar-refractivity contribution in [2.75, 3.05) is 11.9 Å². The molecule has 26 heavy (non-hydrogen) atoms. The van der Waals surface area contributed by atoms with Crippen LogP contribution in [0.25, 0.3) is 0 Å². The highest BCUT2D eigenvalue weighted by atomic mass is 16.5. The van der Waals surface area contributed by atoms with E-state index in [1.165, 1.54) is 0 Å². The van der Waals surface area contributed by atoms with Gasteiger partial charge in [0.15, 0.2) is 6.61 Å². The van der Waals surface area contributed by atoms with Gasteiger partial charge in [-0.3, -0.25) is 9.59 Å². The lowest BCUT2D eigenvalue weighted by Crippen LogP contribution is -2.33. The van der Waals surface area contributed by atoms with Crippen molar-refractivity contribution < 1.29 is 14.3 Å². The number of hydrogen-bond acceptors (Lipinski definition) is 3. The van der Waals surface area contributed by atoms with Crippen molar-refractivity contribution in [3.63, 3.8) is 0 Å². The third-order valence-corrected chi connectivity index (χ3v) is 4.14. The van der Waals surface area contributed by atoms with Gasteiger partial charge in [-0.25, -0.2) is 0 Å². The molecule has 0 spiro atoms. The summed E-state index contributed by atoms with van der Waals surface area (Å²) in [5.41, 5.74) is 2.95. The van der Waals surface area contributed by atoms with E-state index in [1.54, 1.807) is 24.3 Å². The first-order chi connectivity index (χ1) is 12.4. The van der Waals surface area contributed by atoms with Crippen LogP contribution in [0.2, 0.25) is 0 Å². The van der Waals surface area contributed by atoms with Gasteiger partial charge >= 0.3 is 0 Å². The molecule has 0 heterocycles. The van der Waals surface area contributed by atoms with E-state index in [0.29, 0.717) is 17.0 Å². The molecule has 5 nitrogen and oxygen atoms in total. The number of ether oxygens (including phenoxy) is 1. The van der Waals surface area contributed by atoms with E-state index in [9.17, 15) is 9.59 Å². The normalized spacial score (nSPS) is 11.5. The van der Waals surface area contributed by atoms with Crippen LogP contribution >= 0.6 is 0 Å². The molecule has 2 aromatic rings. The number of hydrogen-bond donors (Lipinski definition) is 2. The van der Waals surface area contributed by atoms with E-state index in [4.69, 9.17) is 4.74 Å². The summed E-state index contributed by atoms with van der Waals surface area (Å²) in [6.07, 6.45) is 0.837. The van der Waals surface area contributed by atoms with Gasteiger partial charge in [-0.15, -0.1) is 0 Å². The summed E-state index contributed by atoms with van der Waals surface area (Å²) in [5.74, 6) is 0.170. The van der Waals surface area contributed by atoms with E-state index in [2.05, 4.69) is 10.6 Å². The van der Waals surface area contributed by atoms with Gasteiger partial charge < -0.3 is 15.4 Å². The van der Waals surface area contributed by atoms with Crippen LogP contribution in [0, 0.1) is 13.8 Å². The van der Waals surface area contributed by atoms with Gasteiger partial charge in [-0.1, -0.05) is 31.2 Å². The van der Waals surface area contributed by atoms with Gasteiger partial charge in [0.05, 0.1) is 11.3 Å². The van der Waals surface area contributed by atoms with E-state index in [1.807, 2.05) is 45.9 Å². The minimum atomic E-state index is -0.310. The summed E-state index contributed by atoms with van der Waals surface area (Å²) >= 11 is 0. The smallest absolute Gasteiger partial charge is 0.262 e. The molecule has 0 aliphatic heterocycles. The van der Waals surface area contributed by atoms with Crippen LogP contribution in [-0.4, -0.2) is 24.5 Å². The molecular weight excluding hydrogens is 328 g/mol. The Morgan fingerprint density at radius 3 is 2.58 bits per heavy atom. The average Bonchev–Trinajstić information content (AvgIpc) is 2.62. The van der Waals surface area contributed by atoms with Gasteiger partial charge in [0, 0.05) is 6.04 Å². The van der Waals surface area contributed by atoms with Gasteiger partial charge in [-0.2, -0.15) is 0 Å². The second kappa shape index (κ2) is 9.04. The van der Waals surface area contributed by atoms with Gasteiger partial charge in [0.1, 0.15) is 5.75 Å². The number of carbonyl (C=O) groups excluding carboxylic acids is 2. The lowest BCUT2D eigenvalue weighted by molar-refractivity contribution is -0.118. The predicted octanol–water partition coefficient (Wildman–Crippen LogP) is 3.85. The van der Waals surface area contributed by atoms with Crippen LogP contribution in [0.4, 0.5) is 5.69 Å². The molecule has 2 N–H and O–H groups in total. The van der Waals surface area contributed by atoms with Gasteiger partial charge in [0.2, 0.25) is 0 Å². The molecule has 0 saturated heterocycles. The minimum absolute atomic E-state index is 0.0684. The molecule has 2 aromatic carbocycles. The molecule has 0 aromatic heterocycles. The van der Waals surface area contributed by atoms with E-state index >= 15 is 0 Å². The van der Waals surface area contributed by atoms with Crippen LogP contribution in [0.1, 0.15) is 41.8 Å². The Balaban J connectivity index is 2.03. The number of aryl methyl sites for hydroxylation is 2. The third-order valence-electron chi connectivity index (χ3n) is 4.14. The van der Waals surface area contributed by atoms with Crippen molar-refractivity contribution in [1.29, 1.82) is 0 Å². The van der Waals surface area contributed by atoms with E-state index in [-0.39, 0.29) is 24.5 Å². The maximum absolute atomic E-state index is 12.4. The highest BCUT2D eigenvalue weighted by Crippen LogP contribution is 2.19. The molecule has 2 amide bonds. The van der Waals surface area contributed by atoms with Crippen LogP contribution in [-0.2, 0) is 4.79 Å². The molecule has 0 bridgehead atoms. The van der Waals surface area contributed by atoms with E-state index in [0.717, 1.165) is 17.5 Å². The zero-order valence-electron chi connectivity index (χ0n) is 15.8. The van der Waals surface area contributed by atoms with Crippen molar-refractivity contribution in [3.05, 3.63) is 59.2 Å².